The van der Waals surface area contributed by atoms with Crippen LogP contribution in [-0.4, -0.2) is 18.9 Å². The fraction of sp³-hybridized carbons (Fsp3) is 0.259. The number of ether oxygens (including phenoxy) is 1. The summed E-state index contributed by atoms with van der Waals surface area (Å²) in [6, 6.07) is 18.6. The number of benzene rings is 2. The summed E-state index contributed by atoms with van der Waals surface area (Å²) in [4.78, 5) is 27.2. The van der Waals surface area contributed by atoms with Crippen LogP contribution in [0.2, 0.25) is 0 Å². The summed E-state index contributed by atoms with van der Waals surface area (Å²) in [5.41, 5.74) is 2.69. The van der Waals surface area contributed by atoms with Gasteiger partial charge in [-0.1, -0.05) is 49.7 Å². The molecule has 0 bridgehead atoms. The molecule has 6 heteroatoms. The Morgan fingerprint density at radius 1 is 1.06 bits per heavy atom. The molecule has 1 unspecified atom stereocenters. The van der Waals surface area contributed by atoms with E-state index in [4.69, 9.17) is 4.74 Å². The lowest BCUT2D eigenvalue weighted by Crippen LogP contribution is -2.37. The number of hydrogen-bond acceptors (Lipinski definition) is 4. The highest BCUT2D eigenvalue weighted by Gasteiger charge is 2.21. The summed E-state index contributed by atoms with van der Waals surface area (Å²) in [7, 11) is 1.63. The second-order valence-electron chi connectivity index (χ2n) is 8.33. The molecule has 5 nitrogen and oxygen atoms in total. The average Bonchev–Trinajstić information content (AvgIpc) is 3.31. The van der Waals surface area contributed by atoms with E-state index in [-0.39, 0.29) is 23.6 Å². The topological polar surface area (TPSA) is 67.4 Å². The third-order valence-corrected chi connectivity index (χ3v) is 5.95. The van der Waals surface area contributed by atoms with Gasteiger partial charge >= 0.3 is 0 Å². The van der Waals surface area contributed by atoms with Gasteiger partial charge in [-0.2, -0.15) is 0 Å². The van der Waals surface area contributed by atoms with Crippen LogP contribution in [0.3, 0.4) is 0 Å². The summed E-state index contributed by atoms with van der Waals surface area (Å²) in [5, 5.41) is 7.88. The van der Waals surface area contributed by atoms with Gasteiger partial charge in [0.1, 0.15) is 11.4 Å². The molecule has 2 aromatic carbocycles. The largest absolute Gasteiger partial charge is 0.497 e. The number of aryl methyl sites for hydroxylation is 1. The number of thiophene rings is 1. The van der Waals surface area contributed by atoms with Gasteiger partial charge in [0.2, 0.25) is 0 Å². The summed E-state index contributed by atoms with van der Waals surface area (Å²) in [5.74, 6) is 0.480. The van der Waals surface area contributed by atoms with Crippen LogP contribution in [-0.2, 0) is 4.79 Å². The zero-order valence-corrected chi connectivity index (χ0v) is 20.2. The first-order valence-corrected chi connectivity index (χ1v) is 11.8. The van der Waals surface area contributed by atoms with E-state index in [1.165, 1.54) is 11.3 Å². The summed E-state index contributed by atoms with van der Waals surface area (Å²) >= 11 is 1.50. The Labute approximate surface area is 199 Å². The Bertz CT molecular complexity index is 1100. The molecule has 0 aliphatic carbocycles. The second kappa shape index (κ2) is 11.5. The van der Waals surface area contributed by atoms with Crippen molar-refractivity contribution in [3.63, 3.8) is 0 Å². The number of methoxy groups -OCH3 is 1. The molecule has 1 atom stereocenters. The molecule has 3 aromatic rings. The van der Waals surface area contributed by atoms with Crippen molar-refractivity contribution in [1.82, 2.24) is 10.6 Å². The summed E-state index contributed by atoms with van der Waals surface area (Å²) in [6.07, 6.45) is 2.48. The lowest BCUT2D eigenvalue weighted by molar-refractivity contribution is -0.118. The van der Waals surface area contributed by atoms with Crippen molar-refractivity contribution in [3.05, 3.63) is 93.3 Å². The summed E-state index contributed by atoms with van der Waals surface area (Å²) < 4.78 is 5.26. The van der Waals surface area contributed by atoms with Crippen molar-refractivity contribution in [2.45, 2.75) is 33.2 Å². The predicted molar refractivity (Wildman–Crippen MR) is 134 cm³/mol. The van der Waals surface area contributed by atoms with Crippen molar-refractivity contribution in [3.8, 4) is 5.75 Å². The minimum absolute atomic E-state index is 0.203. The molecule has 0 aliphatic heterocycles. The van der Waals surface area contributed by atoms with Crippen LogP contribution in [0.1, 0.15) is 52.7 Å². The second-order valence-corrected chi connectivity index (χ2v) is 9.31. The number of rotatable bonds is 9. The first-order chi connectivity index (χ1) is 15.9. The van der Waals surface area contributed by atoms with Gasteiger partial charge in [0.25, 0.3) is 11.8 Å². The van der Waals surface area contributed by atoms with Crippen molar-refractivity contribution in [2.75, 3.05) is 7.11 Å². The Balaban J connectivity index is 1.86. The van der Waals surface area contributed by atoms with Crippen LogP contribution in [0.5, 0.6) is 5.75 Å². The van der Waals surface area contributed by atoms with Gasteiger partial charge in [-0.05, 0) is 66.6 Å². The third kappa shape index (κ3) is 7.05. The molecule has 1 heterocycles. The van der Waals surface area contributed by atoms with E-state index < -0.39 is 0 Å². The highest BCUT2D eigenvalue weighted by molar-refractivity contribution is 7.10. The molecular weight excluding hydrogens is 432 g/mol. The molecule has 172 valence electrons. The van der Waals surface area contributed by atoms with Crippen LogP contribution >= 0.6 is 11.3 Å². The maximum atomic E-state index is 13.4. The Kier molecular flexibility index (Phi) is 8.44. The molecule has 0 saturated heterocycles. The standard InChI is InChI=1S/C27H30N2O3S/c1-18(2)15-24(20-10-12-22(32-4)13-11-20)28-27(31)25(17-23-9-6-14-33-23)29-26(30)21-8-5-7-19(3)16-21/h5-14,16-18,24H,15H2,1-4H3,(H,28,31)(H,29,30)/b25-17-. The van der Waals surface area contributed by atoms with E-state index >= 15 is 0 Å². The quantitative estimate of drug-likeness (QED) is 0.399. The highest BCUT2D eigenvalue weighted by Crippen LogP contribution is 2.24. The van der Waals surface area contributed by atoms with Gasteiger partial charge < -0.3 is 15.4 Å². The zero-order chi connectivity index (χ0) is 23.8. The number of hydrogen-bond donors (Lipinski definition) is 2. The fourth-order valence-electron chi connectivity index (χ4n) is 3.48. The molecule has 1 aromatic heterocycles. The number of amides is 2. The molecule has 2 N–H and O–H groups in total. The van der Waals surface area contributed by atoms with Crippen LogP contribution in [0.15, 0.2) is 71.7 Å². The van der Waals surface area contributed by atoms with Crippen LogP contribution in [0.4, 0.5) is 0 Å². The maximum absolute atomic E-state index is 13.4. The number of carbonyl (C=O) groups excluding carboxylic acids is 2. The van der Waals surface area contributed by atoms with E-state index in [0.717, 1.165) is 28.2 Å². The minimum Gasteiger partial charge on any atom is -0.497 e. The van der Waals surface area contributed by atoms with Crippen LogP contribution in [0.25, 0.3) is 6.08 Å². The van der Waals surface area contributed by atoms with Gasteiger partial charge in [0.15, 0.2) is 0 Å². The van der Waals surface area contributed by atoms with E-state index in [1.54, 1.807) is 25.3 Å². The average molecular weight is 463 g/mol. The molecule has 33 heavy (non-hydrogen) atoms. The van der Waals surface area contributed by atoms with Crippen molar-refractivity contribution < 1.29 is 14.3 Å². The molecule has 2 amide bonds. The summed E-state index contributed by atoms with van der Waals surface area (Å²) in [6.45, 7) is 6.16. The SMILES string of the molecule is COc1ccc(C(CC(C)C)NC(=O)/C(=C/c2cccs2)NC(=O)c2cccc(C)c2)cc1. The predicted octanol–water partition coefficient (Wildman–Crippen LogP) is 5.74. The van der Waals surface area contributed by atoms with E-state index in [2.05, 4.69) is 24.5 Å². The Hall–Kier alpha value is -3.38. The molecular formula is C27H30N2O3S. The van der Waals surface area contributed by atoms with Gasteiger partial charge in [-0.3, -0.25) is 9.59 Å². The van der Waals surface area contributed by atoms with E-state index in [1.807, 2.05) is 60.8 Å². The van der Waals surface area contributed by atoms with Crippen molar-refractivity contribution in [2.24, 2.45) is 5.92 Å². The van der Waals surface area contributed by atoms with Crippen molar-refractivity contribution in [1.29, 1.82) is 0 Å². The molecule has 0 aliphatic rings. The molecule has 0 fully saturated rings. The highest BCUT2D eigenvalue weighted by atomic mass is 32.1. The molecule has 3 rings (SSSR count). The Morgan fingerprint density at radius 3 is 2.42 bits per heavy atom. The Morgan fingerprint density at radius 2 is 1.82 bits per heavy atom. The minimum atomic E-state index is -0.328. The fourth-order valence-corrected chi connectivity index (χ4v) is 4.13. The third-order valence-electron chi connectivity index (χ3n) is 5.13. The van der Waals surface area contributed by atoms with E-state index in [0.29, 0.717) is 11.5 Å². The molecule has 0 saturated carbocycles. The lowest BCUT2D eigenvalue weighted by Gasteiger charge is -2.22. The van der Waals surface area contributed by atoms with Gasteiger partial charge in [-0.25, -0.2) is 0 Å². The first kappa shape index (κ1) is 24.3. The van der Waals surface area contributed by atoms with Gasteiger partial charge in [0, 0.05) is 10.4 Å². The monoisotopic (exact) mass is 462 g/mol. The van der Waals surface area contributed by atoms with E-state index in [9.17, 15) is 9.59 Å². The van der Waals surface area contributed by atoms with Gasteiger partial charge in [-0.15, -0.1) is 11.3 Å². The van der Waals surface area contributed by atoms with Crippen LogP contribution in [0, 0.1) is 12.8 Å². The number of nitrogens with one attached hydrogen (secondary N) is 2. The maximum Gasteiger partial charge on any atom is 0.268 e. The molecule has 0 spiro atoms. The normalized spacial score (nSPS) is 12.3. The lowest BCUT2D eigenvalue weighted by atomic mass is 9.96. The number of carbonyl (C=O) groups is 2. The van der Waals surface area contributed by atoms with Crippen molar-refractivity contribution >= 4 is 29.2 Å². The van der Waals surface area contributed by atoms with Gasteiger partial charge in [0.05, 0.1) is 13.2 Å². The first-order valence-electron chi connectivity index (χ1n) is 10.9. The smallest absolute Gasteiger partial charge is 0.268 e. The zero-order valence-electron chi connectivity index (χ0n) is 19.4. The van der Waals surface area contributed by atoms with Crippen LogP contribution < -0.4 is 15.4 Å². The molecule has 0 radical (unpaired) electrons.